The molecule has 0 bridgehead atoms. The Morgan fingerprint density at radius 1 is 1.21 bits per heavy atom. The smallest absolute Gasteiger partial charge is 0.335 e. The third-order valence-corrected chi connectivity index (χ3v) is 5.82. The number of benzene rings is 1. The van der Waals surface area contributed by atoms with Crippen molar-refractivity contribution in [1.29, 1.82) is 0 Å². The van der Waals surface area contributed by atoms with Crippen molar-refractivity contribution < 1.29 is 19.7 Å². The van der Waals surface area contributed by atoms with Crippen LogP contribution in [-0.4, -0.2) is 36.0 Å². The van der Waals surface area contributed by atoms with Crippen LogP contribution < -0.4 is 0 Å². The summed E-state index contributed by atoms with van der Waals surface area (Å²) in [7, 11) is 0. The predicted molar refractivity (Wildman–Crippen MR) is 112 cm³/mol. The second-order valence-corrected chi connectivity index (χ2v) is 7.77. The fourth-order valence-electron chi connectivity index (χ4n) is 3.92. The lowest BCUT2D eigenvalue weighted by atomic mass is 9.77. The molecule has 2 rings (SSSR count). The average Bonchev–Trinajstić information content (AvgIpc) is 2.74. The SMILES string of the molecule is C=C(CO)C(=O)OCC(CO)c1ccc(C2CCC(CC/C=C/C)CC2)cc1. The number of aliphatic hydroxyl groups is 2. The maximum Gasteiger partial charge on any atom is 0.335 e. The Kier molecular flexibility index (Phi) is 9.45. The van der Waals surface area contributed by atoms with Crippen molar-refractivity contribution in [3.63, 3.8) is 0 Å². The molecule has 0 aromatic heterocycles. The van der Waals surface area contributed by atoms with Gasteiger partial charge in [0, 0.05) is 5.92 Å². The van der Waals surface area contributed by atoms with Crippen molar-refractivity contribution in [3.05, 3.63) is 59.7 Å². The van der Waals surface area contributed by atoms with E-state index >= 15 is 0 Å². The van der Waals surface area contributed by atoms with Crippen molar-refractivity contribution in [2.24, 2.45) is 5.92 Å². The van der Waals surface area contributed by atoms with E-state index < -0.39 is 12.6 Å². The summed E-state index contributed by atoms with van der Waals surface area (Å²) >= 11 is 0. The monoisotopic (exact) mass is 386 g/mol. The molecule has 2 N–H and O–H groups in total. The molecular formula is C24H34O4. The highest BCUT2D eigenvalue weighted by Crippen LogP contribution is 2.37. The Balaban J connectivity index is 1.86. The lowest BCUT2D eigenvalue weighted by molar-refractivity contribution is -0.140. The van der Waals surface area contributed by atoms with Gasteiger partial charge in [-0.1, -0.05) is 43.0 Å². The van der Waals surface area contributed by atoms with Gasteiger partial charge in [-0.15, -0.1) is 0 Å². The van der Waals surface area contributed by atoms with Gasteiger partial charge in [0.1, 0.15) is 6.61 Å². The van der Waals surface area contributed by atoms with Gasteiger partial charge in [-0.3, -0.25) is 0 Å². The Bertz CT molecular complexity index is 639. The molecule has 1 aromatic rings. The first-order valence-electron chi connectivity index (χ1n) is 10.4. The summed E-state index contributed by atoms with van der Waals surface area (Å²) in [5.74, 6) is 0.578. The molecule has 0 radical (unpaired) electrons. The van der Waals surface area contributed by atoms with E-state index in [-0.39, 0.29) is 24.7 Å². The van der Waals surface area contributed by atoms with Crippen LogP contribution in [0.3, 0.4) is 0 Å². The fourth-order valence-corrected chi connectivity index (χ4v) is 3.92. The van der Waals surface area contributed by atoms with Crippen LogP contribution in [0.2, 0.25) is 0 Å². The van der Waals surface area contributed by atoms with Gasteiger partial charge in [0.2, 0.25) is 0 Å². The molecule has 154 valence electrons. The van der Waals surface area contributed by atoms with E-state index in [4.69, 9.17) is 9.84 Å². The van der Waals surface area contributed by atoms with Gasteiger partial charge in [-0.25, -0.2) is 4.79 Å². The maximum absolute atomic E-state index is 11.6. The molecule has 0 saturated heterocycles. The summed E-state index contributed by atoms with van der Waals surface area (Å²) in [4.78, 5) is 11.6. The molecule has 1 unspecified atom stereocenters. The molecule has 1 saturated carbocycles. The molecule has 28 heavy (non-hydrogen) atoms. The number of esters is 1. The Morgan fingerprint density at radius 3 is 2.46 bits per heavy atom. The van der Waals surface area contributed by atoms with E-state index in [1.807, 2.05) is 12.1 Å². The Labute approximate surface area is 168 Å². The van der Waals surface area contributed by atoms with Gasteiger partial charge in [-0.05, 0) is 68.4 Å². The van der Waals surface area contributed by atoms with Crippen LogP contribution >= 0.6 is 0 Å². The summed E-state index contributed by atoms with van der Waals surface area (Å²) in [5.41, 5.74) is 2.33. The molecule has 0 aliphatic heterocycles. The number of rotatable bonds is 10. The topological polar surface area (TPSA) is 66.8 Å². The van der Waals surface area contributed by atoms with Crippen molar-refractivity contribution >= 4 is 5.97 Å². The fraction of sp³-hybridized carbons (Fsp3) is 0.542. The number of hydrogen-bond acceptors (Lipinski definition) is 4. The van der Waals surface area contributed by atoms with Crippen molar-refractivity contribution in [1.82, 2.24) is 0 Å². The van der Waals surface area contributed by atoms with E-state index in [2.05, 4.69) is 37.8 Å². The Morgan fingerprint density at radius 2 is 1.89 bits per heavy atom. The molecule has 0 heterocycles. The third-order valence-electron chi connectivity index (χ3n) is 5.82. The van der Waals surface area contributed by atoms with Gasteiger partial charge in [0.15, 0.2) is 0 Å². The van der Waals surface area contributed by atoms with E-state index in [1.54, 1.807) is 0 Å². The van der Waals surface area contributed by atoms with Gasteiger partial charge in [-0.2, -0.15) is 0 Å². The largest absolute Gasteiger partial charge is 0.462 e. The lowest BCUT2D eigenvalue weighted by Gasteiger charge is -2.29. The number of carbonyl (C=O) groups is 1. The number of ether oxygens (including phenoxy) is 1. The zero-order chi connectivity index (χ0) is 20.4. The van der Waals surface area contributed by atoms with Gasteiger partial charge in [0.05, 0.1) is 18.8 Å². The summed E-state index contributed by atoms with van der Waals surface area (Å²) < 4.78 is 5.14. The number of hydrogen-bond donors (Lipinski definition) is 2. The standard InChI is InChI=1S/C24H34O4/c1-3-4-5-6-19-7-9-20(10-8-19)21-11-13-22(14-12-21)23(16-26)17-28-24(27)18(2)15-25/h3-4,11-14,19-20,23,25-26H,2,5-10,15-17H2,1H3/b4-3+. The molecule has 0 amide bonds. The molecule has 4 heteroatoms. The molecule has 4 nitrogen and oxygen atoms in total. The molecule has 1 atom stereocenters. The summed E-state index contributed by atoms with van der Waals surface area (Å²) in [6.07, 6.45) is 12.0. The second-order valence-electron chi connectivity index (χ2n) is 7.77. The number of carbonyl (C=O) groups excluding carboxylic acids is 1. The van der Waals surface area contributed by atoms with Crippen LogP contribution in [0, 0.1) is 5.92 Å². The minimum Gasteiger partial charge on any atom is -0.462 e. The average molecular weight is 387 g/mol. The van der Waals surface area contributed by atoms with Gasteiger partial charge >= 0.3 is 5.97 Å². The maximum atomic E-state index is 11.6. The van der Waals surface area contributed by atoms with Crippen molar-refractivity contribution in [3.8, 4) is 0 Å². The van der Waals surface area contributed by atoms with E-state index in [1.165, 1.54) is 44.1 Å². The zero-order valence-corrected chi connectivity index (χ0v) is 17.0. The number of allylic oxidation sites excluding steroid dienone is 2. The van der Waals surface area contributed by atoms with E-state index in [0.717, 1.165) is 11.5 Å². The minimum atomic E-state index is -0.622. The van der Waals surface area contributed by atoms with Crippen LogP contribution in [0.25, 0.3) is 0 Å². The van der Waals surface area contributed by atoms with E-state index in [0.29, 0.717) is 5.92 Å². The van der Waals surface area contributed by atoms with Crippen LogP contribution in [0.5, 0.6) is 0 Å². The molecule has 1 aromatic carbocycles. The first-order valence-corrected chi connectivity index (χ1v) is 10.4. The summed E-state index contributed by atoms with van der Waals surface area (Å²) in [5, 5.41) is 18.6. The minimum absolute atomic E-state index is 0.0216. The normalized spacial score (nSPS) is 20.8. The van der Waals surface area contributed by atoms with Crippen LogP contribution in [0.15, 0.2) is 48.6 Å². The first-order chi connectivity index (χ1) is 13.6. The number of aliphatic hydroxyl groups excluding tert-OH is 2. The van der Waals surface area contributed by atoms with Gasteiger partial charge in [0.25, 0.3) is 0 Å². The van der Waals surface area contributed by atoms with Crippen molar-refractivity contribution in [2.75, 3.05) is 19.8 Å². The highest BCUT2D eigenvalue weighted by Gasteiger charge is 2.22. The van der Waals surface area contributed by atoms with Crippen LogP contribution in [0.4, 0.5) is 0 Å². The first kappa shape index (κ1) is 22.4. The van der Waals surface area contributed by atoms with Gasteiger partial charge < -0.3 is 14.9 Å². The third kappa shape index (κ3) is 6.61. The molecule has 1 aliphatic carbocycles. The van der Waals surface area contributed by atoms with Crippen LogP contribution in [0.1, 0.15) is 68.4 Å². The molecule has 1 aliphatic rings. The Hall–Kier alpha value is -1.91. The summed E-state index contributed by atoms with van der Waals surface area (Å²) in [6.45, 7) is 5.08. The molecular weight excluding hydrogens is 352 g/mol. The van der Waals surface area contributed by atoms with Crippen molar-refractivity contribution in [2.45, 2.75) is 57.3 Å². The van der Waals surface area contributed by atoms with E-state index in [9.17, 15) is 9.90 Å². The second kappa shape index (κ2) is 11.8. The highest BCUT2D eigenvalue weighted by molar-refractivity contribution is 5.87. The quantitative estimate of drug-likeness (QED) is 0.353. The molecule has 0 spiro atoms. The summed E-state index contributed by atoms with van der Waals surface area (Å²) in [6, 6.07) is 8.36. The predicted octanol–water partition coefficient (Wildman–Crippen LogP) is 4.48. The molecule has 1 fully saturated rings. The lowest BCUT2D eigenvalue weighted by Crippen LogP contribution is -2.18. The highest BCUT2D eigenvalue weighted by atomic mass is 16.5. The van der Waals surface area contributed by atoms with Crippen LogP contribution in [-0.2, 0) is 9.53 Å². The zero-order valence-electron chi connectivity index (χ0n) is 17.0.